The lowest BCUT2D eigenvalue weighted by atomic mass is 9.76. The van der Waals surface area contributed by atoms with Crippen LogP contribution in [0.15, 0.2) is 12.2 Å². The van der Waals surface area contributed by atoms with Crippen molar-refractivity contribution in [3.63, 3.8) is 0 Å². The van der Waals surface area contributed by atoms with Gasteiger partial charge in [-0.3, -0.25) is 0 Å². The molecule has 8 atom stereocenters. The summed E-state index contributed by atoms with van der Waals surface area (Å²) in [5.41, 5.74) is 0. The third kappa shape index (κ3) is 1.21. The third-order valence-electron chi connectivity index (χ3n) is 5.87. The van der Waals surface area contributed by atoms with Crippen molar-refractivity contribution >= 4 is 15.9 Å². The second-order valence-electron chi connectivity index (χ2n) is 6.27. The zero-order valence-corrected chi connectivity index (χ0v) is 13.3. The van der Waals surface area contributed by atoms with Gasteiger partial charge < -0.3 is 14.2 Å². The predicted molar refractivity (Wildman–Crippen MR) is 78.3 cm³/mol. The fourth-order valence-corrected chi connectivity index (χ4v) is 6.23. The summed E-state index contributed by atoms with van der Waals surface area (Å²) in [7, 11) is 1.76. The lowest BCUT2D eigenvalue weighted by Crippen LogP contribution is -2.53. The van der Waals surface area contributed by atoms with Gasteiger partial charge in [-0.05, 0) is 12.5 Å². The van der Waals surface area contributed by atoms with Crippen LogP contribution in [0.2, 0.25) is 0 Å². The Kier molecular flexibility index (Phi) is 2.74. The predicted octanol–water partition coefficient (Wildman–Crippen LogP) is 2.49. The molecule has 4 rings (SSSR count). The smallest absolute Gasteiger partial charge is 0.190 e. The number of terminal acetylenes is 1. The Hall–Kier alpha value is -0.340. The molecule has 0 N–H and O–H groups in total. The van der Waals surface area contributed by atoms with Gasteiger partial charge in [-0.25, -0.2) is 0 Å². The zero-order valence-electron chi connectivity index (χ0n) is 11.7. The van der Waals surface area contributed by atoms with E-state index < -0.39 is 5.79 Å². The van der Waals surface area contributed by atoms with E-state index in [0.717, 1.165) is 12.8 Å². The van der Waals surface area contributed by atoms with Crippen molar-refractivity contribution in [2.24, 2.45) is 17.8 Å². The van der Waals surface area contributed by atoms with Crippen molar-refractivity contribution in [2.75, 3.05) is 7.11 Å². The highest BCUT2D eigenvalue weighted by Crippen LogP contribution is 2.71. The first-order chi connectivity index (χ1) is 9.63. The molecular weight excluding hydrogens is 320 g/mol. The molecule has 1 aliphatic carbocycles. The summed E-state index contributed by atoms with van der Waals surface area (Å²) in [5.74, 6) is 3.05. The monoisotopic (exact) mass is 338 g/mol. The van der Waals surface area contributed by atoms with Crippen LogP contribution in [0.25, 0.3) is 0 Å². The summed E-state index contributed by atoms with van der Waals surface area (Å²) in [6, 6.07) is 0. The van der Waals surface area contributed by atoms with Crippen LogP contribution in [-0.2, 0) is 14.2 Å². The van der Waals surface area contributed by atoms with E-state index in [1.54, 1.807) is 7.11 Å². The molecule has 3 saturated heterocycles. The molecule has 8 unspecified atom stereocenters. The van der Waals surface area contributed by atoms with E-state index >= 15 is 0 Å². The average Bonchev–Trinajstić information content (AvgIpc) is 3.10. The van der Waals surface area contributed by atoms with Crippen LogP contribution >= 0.6 is 15.9 Å². The minimum atomic E-state index is -0.587. The van der Waals surface area contributed by atoms with Crippen LogP contribution in [-0.4, -0.2) is 35.5 Å². The van der Waals surface area contributed by atoms with Crippen LogP contribution in [0.5, 0.6) is 0 Å². The summed E-state index contributed by atoms with van der Waals surface area (Å²) in [6.45, 7) is 2.18. The molecule has 3 heterocycles. The highest BCUT2D eigenvalue weighted by atomic mass is 79.9. The van der Waals surface area contributed by atoms with Crippen molar-refractivity contribution < 1.29 is 14.2 Å². The molecule has 2 bridgehead atoms. The Morgan fingerprint density at radius 3 is 2.95 bits per heavy atom. The molecule has 3 aliphatic heterocycles. The maximum atomic E-state index is 6.40. The van der Waals surface area contributed by atoms with Gasteiger partial charge in [-0.15, -0.1) is 6.42 Å². The van der Waals surface area contributed by atoms with Crippen molar-refractivity contribution in [1.82, 2.24) is 0 Å². The van der Waals surface area contributed by atoms with Crippen LogP contribution < -0.4 is 0 Å². The Morgan fingerprint density at radius 1 is 1.50 bits per heavy atom. The van der Waals surface area contributed by atoms with E-state index in [9.17, 15) is 0 Å². The first-order valence-corrected chi connectivity index (χ1v) is 8.12. The molecule has 4 heteroatoms. The van der Waals surface area contributed by atoms with E-state index in [1.165, 1.54) is 0 Å². The number of methoxy groups -OCH3 is 1. The summed E-state index contributed by atoms with van der Waals surface area (Å²) >= 11 is 3.99. The highest BCUT2D eigenvalue weighted by molar-refractivity contribution is 9.10. The van der Waals surface area contributed by atoms with Gasteiger partial charge in [0.1, 0.15) is 0 Å². The Labute approximate surface area is 128 Å². The van der Waals surface area contributed by atoms with Gasteiger partial charge in [0.25, 0.3) is 0 Å². The Morgan fingerprint density at radius 2 is 2.30 bits per heavy atom. The number of allylic oxidation sites excluding steroid dienone is 2. The molecule has 3 nitrogen and oxygen atoms in total. The molecule has 108 valence electrons. The largest absolute Gasteiger partial charge is 0.371 e. The van der Waals surface area contributed by atoms with Gasteiger partial charge >= 0.3 is 0 Å². The summed E-state index contributed by atoms with van der Waals surface area (Å²) in [6.07, 6.45) is 12.0. The number of alkyl halides is 1. The van der Waals surface area contributed by atoms with Crippen molar-refractivity contribution in [3.05, 3.63) is 12.2 Å². The summed E-state index contributed by atoms with van der Waals surface area (Å²) in [4.78, 5) is 0. The number of fused-ring (bicyclic) bond motifs is 2. The quantitative estimate of drug-likeness (QED) is 0.584. The van der Waals surface area contributed by atoms with E-state index in [0.29, 0.717) is 11.8 Å². The SMILES string of the molecule is C#CC=CC1C2C3CC4OC(OC)(C2C4O3)C1(Br)CC. The van der Waals surface area contributed by atoms with Gasteiger partial charge in [0.05, 0.1) is 22.6 Å². The van der Waals surface area contributed by atoms with E-state index in [-0.39, 0.29) is 28.6 Å². The van der Waals surface area contributed by atoms with E-state index in [2.05, 4.69) is 34.9 Å². The number of rotatable bonds is 3. The normalized spacial score (nSPS) is 58.7. The lowest BCUT2D eigenvalue weighted by molar-refractivity contribution is -0.235. The van der Waals surface area contributed by atoms with Gasteiger partial charge in [0.15, 0.2) is 5.79 Å². The molecule has 4 fully saturated rings. The highest BCUT2D eigenvalue weighted by Gasteiger charge is 2.81. The molecule has 0 spiro atoms. The molecule has 1 saturated carbocycles. The minimum absolute atomic E-state index is 0.192. The van der Waals surface area contributed by atoms with Gasteiger partial charge in [0.2, 0.25) is 0 Å². The van der Waals surface area contributed by atoms with Crippen molar-refractivity contribution in [3.8, 4) is 12.3 Å². The summed E-state index contributed by atoms with van der Waals surface area (Å²) in [5, 5.41) is 0. The molecule has 0 amide bonds. The van der Waals surface area contributed by atoms with Gasteiger partial charge in [-0.2, -0.15) is 0 Å². The second-order valence-corrected chi connectivity index (χ2v) is 7.69. The van der Waals surface area contributed by atoms with Crippen LogP contribution in [0.3, 0.4) is 0 Å². The Balaban J connectivity index is 1.87. The number of ether oxygens (including phenoxy) is 3. The first kappa shape index (κ1) is 13.3. The minimum Gasteiger partial charge on any atom is -0.371 e. The molecule has 0 aromatic heterocycles. The van der Waals surface area contributed by atoms with Crippen molar-refractivity contribution in [2.45, 2.75) is 48.2 Å². The number of hydrogen-bond acceptors (Lipinski definition) is 3. The van der Waals surface area contributed by atoms with E-state index in [4.69, 9.17) is 20.6 Å². The van der Waals surface area contributed by atoms with Crippen LogP contribution in [0.1, 0.15) is 19.8 Å². The maximum absolute atomic E-state index is 6.40. The average molecular weight is 339 g/mol. The molecule has 0 aromatic carbocycles. The van der Waals surface area contributed by atoms with Crippen molar-refractivity contribution in [1.29, 1.82) is 0 Å². The standard InChI is InChI=1S/C16H19BrO3/c1-4-6-7-9-12-10-8-11-14(19-10)13(12)16(18-3,20-11)15(9,17)5-2/h1,6-7,9-14H,5,8H2,2-3H3. The van der Waals surface area contributed by atoms with Gasteiger partial charge in [0, 0.05) is 31.3 Å². The molecule has 20 heavy (non-hydrogen) atoms. The summed E-state index contributed by atoms with van der Waals surface area (Å²) < 4.78 is 18.3. The molecule has 0 aromatic rings. The second kappa shape index (κ2) is 4.10. The third-order valence-corrected chi connectivity index (χ3v) is 7.51. The van der Waals surface area contributed by atoms with Crippen LogP contribution in [0, 0.1) is 30.1 Å². The lowest BCUT2D eigenvalue weighted by Gasteiger charge is -2.43. The molecule has 0 radical (unpaired) electrons. The van der Waals surface area contributed by atoms with Gasteiger partial charge in [-0.1, -0.05) is 34.9 Å². The topological polar surface area (TPSA) is 27.7 Å². The fourth-order valence-electron chi connectivity index (χ4n) is 5.25. The molecular formula is C16H19BrO3. The van der Waals surface area contributed by atoms with E-state index in [1.807, 2.05) is 6.08 Å². The number of hydrogen-bond donors (Lipinski definition) is 0. The Bertz CT molecular complexity index is 510. The molecule has 4 aliphatic rings. The fraction of sp³-hybridized carbons (Fsp3) is 0.750. The number of halogens is 1. The van der Waals surface area contributed by atoms with Crippen LogP contribution in [0.4, 0.5) is 0 Å². The zero-order chi connectivity index (χ0) is 14.1. The first-order valence-electron chi connectivity index (χ1n) is 7.33. The maximum Gasteiger partial charge on any atom is 0.190 e.